The van der Waals surface area contributed by atoms with E-state index in [-0.39, 0.29) is 18.9 Å². The van der Waals surface area contributed by atoms with Crippen molar-refractivity contribution in [2.45, 2.75) is 13.3 Å². The zero-order valence-corrected chi connectivity index (χ0v) is 16.7. The van der Waals surface area contributed by atoms with Crippen molar-refractivity contribution in [3.8, 4) is 17.3 Å². The van der Waals surface area contributed by atoms with Gasteiger partial charge in [-0.3, -0.25) is 4.79 Å². The highest BCUT2D eigenvalue weighted by molar-refractivity contribution is 7.14. The molecule has 0 aliphatic heterocycles. The van der Waals surface area contributed by atoms with E-state index in [1.165, 1.54) is 16.2 Å². The van der Waals surface area contributed by atoms with Crippen molar-refractivity contribution in [1.29, 1.82) is 5.26 Å². The second kappa shape index (κ2) is 9.62. The molecule has 2 aromatic carbocycles. The number of benzene rings is 2. The minimum absolute atomic E-state index is 0.181. The Kier molecular flexibility index (Phi) is 6.72. The number of anilines is 1. The van der Waals surface area contributed by atoms with Gasteiger partial charge >= 0.3 is 5.97 Å². The van der Waals surface area contributed by atoms with Gasteiger partial charge in [0.05, 0.1) is 23.2 Å². The van der Waals surface area contributed by atoms with Crippen LogP contribution in [-0.4, -0.2) is 30.0 Å². The van der Waals surface area contributed by atoms with E-state index in [4.69, 9.17) is 10.00 Å². The molecule has 1 heterocycles. The van der Waals surface area contributed by atoms with Gasteiger partial charge in [0.15, 0.2) is 6.61 Å². The predicted molar refractivity (Wildman–Crippen MR) is 112 cm³/mol. The lowest BCUT2D eigenvalue weighted by Crippen LogP contribution is -2.35. The molecule has 0 radical (unpaired) electrons. The minimum Gasteiger partial charge on any atom is -0.451 e. The summed E-state index contributed by atoms with van der Waals surface area (Å²) in [5.74, 6) is -0.974. The molecule has 0 aliphatic rings. The Labute approximate surface area is 173 Å². The van der Waals surface area contributed by atoms with Crippen LogP contribution in [-0.2, 0) is 9.53 Å². The lowest BCUT2D eigenvalue weighted by atomic mass is 10.1. The van der Waals surface area contributed by atoms with E-state index < -0.39 is 12.6 Å². The molecular formula is C22H19N3O3S. The van der Waals surface area contributed by atoms with Crippen molar-refractivity contribution >= 4 is 28.9 Å². The molecule has 0 bridgehead atoms. The fourth-order valence-corrected chi connectivity index (χ4v) is 3.63. The number of carbonyl (C=O) groups excluding carboxylic acids is 2. The van der Waals surface area contributed by atoms with E-state index in [0.29, 0.717) is 16.3 Å². The predicted octanol–water partition coefficient (Wildman–Crippen LogP) is 4.22. The Bertz CT molecular complexity index is 1030. The third-order valence-electron chi connectivity index (χ3n) is 4.11. The molecule has 29 heavy (non-hydrogen) atoms. The molecule has 0 aliphatic carbocycles. The van der Waals surface area contributed by atoms with Gasteiger partial charge in [0.1, 0.15) is 4.88 Å². The molecular weight excluding hydrogens is 386 g/mol. The summed E-state index contributed by atoms with van der Waals surface area (Å²) in [6.07, 6.45) is 0.181. The van der Waals surface area contributed by atoms with Crippen molar-refractivity contribution in [3.63, 3.8) is 0 Å². The summed E-state index contributed by atoms with van der Waals surface area (Å²) in [6.45, 7) is 1.63. The van der Waals surface area contributed by atoms with Gasteiger partial charge in [0.25, 0.3) is 5.91 Å². The monoisotopic (exact) mass is 405 g/mol. The number of esters is 1. The van der Waals surface area contributed by atoms with Crippen molar-refractivity contribution in [2.75, 3.05) is 18.1 Å². The van der Waals surface area contributed by atoms with Crippen LogP contribution in [0.4, 0.5) is 5.69 Å². The van der Waals surface area contributed by atoms with Crippen LogP contribution in [0.5, 0.6) is 0 Å². The summed E-state index contributed by atoms with van der Waals surface area (Å²) in [4.78, 5) is 31.6. The van der Waals surface area contributed by atoms with Crippen molar-refractivity contribution in [2.24, 2.45) is 0 Å². The first kappa shape index (κ1) is 20.2. The Balaban J connectivity index is 1.73. The van der Waals surface area contributed by atoms with Gasteiger partial charge in [-0.25, -0.2) is 9.78 Å². The summed E-state index contributed by atoms with van der Waals surface area (Å²) in [7, 11) is 0. The van der Waals surface area contributed by atoms with Gasteiger partial charge in [-0.1, -0.05) is 48.5 Å². The number of nitriles is 1. The highest BCUT2D eigenvalue weighted by Crippen LogP contribution is 2.28. The summed E-state index contributed by atoms with van der Waals surface area (Å²) >= 11 is 1.23. The van der Waals surface area contributed by atoms with Gasteiger partial charge in [-0.2, -0.15) is 5.26 Å². The highest BCUT2D eigenvalue weighted by atomic mass is 32.1. The van der Waals surface area contributed by atoms with Gasteiger partial charge in [-0.05, 0) is 19.1 Å². The molecule has 0 fully saturated rings. The Morgan fingerprint density at radius 1 is 1.10 bits per heavy atom. The number of ether oxygens (including phenoxy) is 1. The summed E-state index contributed by atoms with van der Waals surface area (Å²) < 4.78 is 5.31. The largest absolute Gasteiger partial charge is 0.451 e. The lowest BCUT2D eigenvalue weighted by Gasteiger charge is -2.21. The minimum atomic E-state index is -0.587. The molecule has 0 spiro atoms. The van der Waals surface area contributed by atoms with E-state index in [9.17, 15) is 9.59 Å². The SMILES string of the molecule is Cc1nc(-c2ccccc2)c(C(=O)OCC(=O)N(CCC#N)c2ccccc2)s1. The third kappa shape index (κ3) is 5.06. The molecule has 0 N–H and O–H groups in total. The van der Waals surface area contributed by atoms with Crippen molar-refractivity contribution < 1.29 is 14.3 Å². The number of hydrogen-bond donors (Lipinski definition) is 0. The maximum Gasteiger partial charge on any atom is 0.351 e. The van der Waals surface area contributed by atoms with Gasteiger partial charge in [0, 0.05) is 17.8 Å². The van der Waals surface area contributed by atoms with E-state index >= 15 is 0 Å². The number of hydrogen-bond acceptors (Lipinski definition) is 6. The van der Waals surface area contributed by atoms with Gasteiger partial charge < -0.3 is 9.64 Å². The van der Waals surface area contributed by atoms with Crippen LogP contribution in [0, 0.1) is 18.3 Å². The second-order valence-electron chi connectivity index (χ2n) is 6.14. The Morgan fingerprint density at radius 2 is 1.76 bits per heavy atom. The molecule has 0 unspecified atom stereocenters. The van der Waals surface area contributed by atoms with Gasteiger partial charge in [0.2, 0.25) is 0 Å². The summed E-state index contributed by atoms with van der Waals surface area (Å²) in [5.41, 5.74) is 2.02. The maximum absolute atomic E-state index is 12.7. The Hall–Kier alpha value is -3.50. The smallest absolute Gasteiger partial charge is 0.351 e. The van der Waals surface area contributed by atoms with Crippen LogP contribution in [0.1, 0.15) is 21.1 Å². The molecule has 0 saturated heterocycles. The highest BCUT2D eigenvalue weighted by Gasteiger charge is 2.22. The summed E-state index contributed by atoms with van der Waals surface area (Å²) in [5, 5.41) is 9.61. The maximum atomic E-state index is 12.7. The van der Waals surface area contributed by atoms with Crippen molar-refractivity contribution in [1.82, 2.24) is 4.98 Å². The topological polar surface area (TPSA) is 83.3 Å². The Morgan fingerprint density at radius 3 is 2.41 bits per heavy atom. The normalized spacial score (nSPS) is 10.2. The third-order valence-corrected chi connectivity index (χ3v) is 5.06. The first-order valence-corrected chi connectivity index (χ1v) is 9.84. The fraction of sp³-hybridized carbons (Fsp3) is 0.182. The molecule has 146 valence electrons. The first-order valence-electron chi connectivity index (χ1n) is 9.02. The molecule has 0 saturated carbocycles. The molecule has 6 nitrogen and oxygen atoms in total. The van der Waals surface area contributed by atoms with Crippen LogP contribution >= 0.6 is 11.3 Å². The van der Waals surface area contributed by atoms with Crippen LogP contribution in [0.15, 0.2) is 60.7 Å². The van der Waals surface area contributed by atoms with E-state index in [0.717, 1.165) is 10.6 Å². The van der Waals surface area contributed by atoms with Crippen LogP contribution in [0.2, 0.25) is 0 Å². The number of thiazole rings is 1. The average Bonchev–Trinajstić information content (AvgIpc) is 3.15. The standard InChI is InChI=1S/C22H19N3O3S/c1-16-24-20(17-9-4-2-5-10-17)21(29-16)22(27)28-15-19(26)25(14-8-13-23)18-11-6-3-7-12-18/h2-7,9-12H,8,14-15H2,1H3. The van der Waals surface area contributed by atoms with E-state index in [1.54, 1.807) is 24.3 Å². The average molecular weight is 405 g/mol. The molecule has 1 aromatic heterocycles. The van der Waals surface area contributed by atoms with Crippen LogP contribution in [0.25, 0.3) is 11.3 Å². The molecule has 1 amide bonds. The lowest BCUT2D eigenvalue weighted by molar-refractivity contribution is -0.121. The molecule has 0 atom stereocenters. The molecule has 3 aromatic rings. The number of aryl methyl sites for hydroxylation is 1. The number of amides is 1. The number of nitrogens with zero attached hydrogens (tertiary/aromatic N) is 3. The fourth-order valence-electron chi connectivity index (χ4n) is 2.80. The number of para-hydroxylation sites is 1. The number of aromatic nitrogens is 1. The van der Waals surface area contributed by atoms with E-state index in [1.807, 2.05) is 49.4 Å². The van der Waals surface area contributed by atoms with Crippen LogP contribution < -0.4 is 4.90 Å². The van der Waals surface area contributed by atoms with Gasteiger partial charge in [-0.15, -0.1) is 11.3 Å². The molecule has 7 heteroatoms. The quantitative estimate of drug-likeness (QED) is 0.550. The molecule has 3 rings (SSSR count). The van der Waals surface area contributed by atoms with E-state index in [2.05, 4.69) is 4.98 Å². The van der Waals surface area contributed by atoms with Crippen LogP contribution in [0.3, 0.4) is 0 Å². The number of carbonyl (C=O) groups is 2. The zero-order valence-electron chi connectivity index (χ0n) is 15.9. The second-order valence-corrected chi connectivity index (χ2v) is 7.35. The number of rotatable bonds is 7. The zero-order chi connectivity index (χ0) is 20.6. The summed E-state index contributed by atoms with van der Waals surface area (Å²) in [6, 6.07) is 20.4. The van der Waals surface area contributed by atoms with Crippen molar-refractivity contribution in [3.05, 3.63) is 70.5 Å². The first-order chi connectivity index (χ1) is 14.1.